The third kappa shape index (κ3) is 11.5. The Balaban J connectivity index is 1.12. The number of carbonyl (C=O) groups excluding carboxylic acids is 3. The van der Waals surface area contributed by atoms with Crippen molar-refractivity contribution in [2.24, 2.45) is 0 Å². The van der Waals surface area contributed by atoms with E-state index < -0.39 is 69.5 Å². The number of benzene rings is 5. The number of likely N-dealkylation sites (tertiary alicyclic amines) is 1. The highest BCUT2D eigenvalue weighted by atomic mass is 32.2. The van der Waals surface area contributed by atoms with Crippen molar-refractivity contribution in [2.45, 2.75) is 61.2 Å². The number of carboxylic acids is 1. The van der Waals surface area contributed by atoms with Gasteiger partial charge in [0.1, 0.15) is 17.8 Å². The lowest BCUT2D eigenvalue weighted by molar-refractivity contribution is -0.264. The second-order valence-corrected chi connectivity index (χ2v) is 16.8. The molecule has 3 atom stereocenters. The molecule has 5 aromatic carbocycles. The molecule has 0 aromatic heterocycles. The molecule has 1 heterocycles. The molecule has 1 fully saturated rings. The number of methoxy groups -OCH3 is 1. The normalized spacial score (nSPS) is 16.6. The van der Waals surface area contributed by atoms with E-state index in [2.05, 4.69) is 10.0 Å². The smallest absolute Gasteiger partial charge is 0.417 e. The summed E-state index contributed by atoms with van der Waals surface area (Å²) in [5.74, 6) is -4.20. The predicted molar refractivity (Wildman–Crippen MR) is 225 cm³/mol. The average Bonchev–Trinajstić information content (AvgIpc) is 3.27. The SMILES string of the molecule is COc1ccc(S(=O)(=O)NC(C)(CCC(=O)O)C(=O)OOC(=O)CN2CCC(c3ccc(NC(=O)c4c(-c5ccccc5)cccc4C(F)(F)F)cc3)CC2c2ccccc2)cc1. The zero-order valence-corrected chi connectivity index (χ0v) is 34.9. The number of carboxylic acid groups (broad SMARTS) is 1. The number of carbonyl (C=O) groups is 4. The maximum absolute atomic E-state index is 14.2. The lowest BCUT2D eigenvalue weighted by atomic mass is 9.82. The summed E-state index contributed by atoms with van der Waals surface area (Å²) in [6, 6.07) is 33.1. The van der Waals surface area contributed by atoms with Gasteiger partial charge in [-0.05, 0) is 103 Å². The number of aliphatic carboxylic acids is 1. The van der Waals surface area contributed by atoms with Gasteiger partial charge in [0.05, 0.1) is 23.1 Å². The van der Waals surface area contributed by atoms with Gasteiger partial charge in [0.15, 0.2) is 0 Å². The number of piperidine rings is 1. The molecule has 1 amide bonds. The number of nitrogens with zero attached hydrogens (tertiary/aromatic N) is 1. The molecule has 0 saturated carbocycles. The second-order valence-electron chi connectivity index (χ2n) is 15.1. The second kappa shape index (κ2) is 19.7. The standard InChI is InChI=1S/C46H44F3N3O10S/c1-45(26-24-40(53)54,51-63(58,59)36-22-20-35(60-2)21-23-36)44(57)62-61-41(55)29-52-27-25-33(28-39(52)32-12-7-4-8-13-32)30-16-18-34(19-17-30)50-43(56)42-37(31-10-5-3-6-11-31)14-9-15-38(42)46(47,48)49/h3-23,33,39,51H,24-29H2,1-2H3,(H,50,56)(H,53,54). The number of sulfonamides is 1. The lowest BCUT2D eigenvalue weighted by Gasteiger charge is -2.39. The van der Waals surface area contributed by atoms with E-state index in [9.17, 15) is 45.9 Å². The minimum absolute atomic E-state index is 0.0469. The van der Waals surface area contributed by atoms with Crippen LogP contribution in [-0.4, -0.2) is 68.0 Å². The van der Waals surface area contributed by atoms with Gasteiger partial charge >= 0.3 is 24.1 Å². The summed E-state index contributed by atoms with van der Waals surface area (Å²) in [6.07, 6.45) is -4.86. The fourth-order valence-electron chi connectivity index (χ4n) is 7.48. The van der Waals surface area contributed by atoms with Gasteiger partial charge in [-0.15, -0.1) is 0 Å². The lowest BCUT2D eigenvalue weighted by Crippen LogP contribution is -2.53. The molecule has 0 radical (unpaired) electrons. The first-order chi connectivity index (χ1) is 30.0. The summed E-state index contributed by atoms with van der Waals surface area (Å²) in [4.78, 5) is 62.9. The monoisotopic (exact) mass is 887 g/mol. The van der Waals surface area contributed by atoms with Crippen LogP contribution in [-0.2, 0) is 40.4 Å². The zero-order valence-electron chi connectivity index (χ0n) is 34.1. The van der Waals surface area contributed by atoms with Crippen molar-refractivity contribution in [3.8, 4) is 16.9 Å². The number of halogens is 3. The van der Waals surface area contributed by atoms with Gasteiger partial charge in [0, 0.05) is 18.2 Å². The van der Waals surface area contributed by atoms with Crippen LogP contribution in [0, 0.1) is 0 Å². The van der Waals surface area contributed by atoms with Crippen LogP contribution in [0.15, 0.2) is 132 Å². The molecular weight excluding hydrogens is 844 g/mol. The van der Waals surface area contributed by atoms with Crippen molar-refractivity contribution in [1.82, 2.24) is 9.62 Å². The predicted octanol–water partition coefficient (Wildman–Crippen LogP) is 8.16. The number of ether oxygens (including phenoxy) is 1. The molecule has 1 aliphatic rings. The maximum atomic E-state index is 14.2. The first-order valence-corrected chi connectivity index (χ1v) is 21.2. The maximum Gasteiger partial charge on any atom is 0.417 e. The third-order valence-corrected chi connectivity index (χ3v) is 12.4. The molecule has 0 aliphatic carbocycles. The van der Waals surface area contributed by atoms with Crippen LogP contribution >= 0.6 is 0 Å². The fraction of sp³-hybridized carbons (Fsp3) is 0.261. The van der Waals surface area contributed by atoms with Crippen molar-refractivity contribution in [1.29, 1.82) is 0 Å². The highest BCUT2D eigenvalue weighted by Gasteiger charge is 2.42. The molecule has 0 spiro atoms. The van der Waals surface area contributed by atoms with Crippen molar-refractivity contribution < 1.29 is 60.4 Å². The van der Waals surface area contributed by atoms with Crippen LogP contribution < -0.4 is 14.8 Å². The van der Waals surface area contributed by atoms with E-state index in [0.717, 1.165) is 24.1 Å². The molecular formula is C46H44F3N3O10S. The molecule has 3 N–H and O–H groups in total. The minimum Gasteiger partial charge on any atom is -0.497 e. The van der Waals surface area contributed by atoms with Crippen LogP contribution in [0.2, 0.25) is 0 Å². The Kier molecular flexibility index (Phi) is 14.3. The first kappa shape index (κ1) is 46.0. The molecule has 1 saturated heterocycles. The van der Waals surface area contributed by atoms with Crippen LogP contribution in [0.25, 0.3) is 11.1 Å². The Labute approximate surface area is 361 Å². The van der Waals surface area contributed by atoms with E-state index in [1.54, 1.807) is 54.6 Å². The number of nitrogens with one attached hydrogen (secondary N) is 2. The van der Waals surface area contributed by atoms with Gasteiger partial charge in [-0.1, -0.05) is 84.9 Å². The van der Waals surface area contributed by atoms with Crippen LogP contribution in [0.5, 0.6) is 5.75 Å². The number of hydrogen-bond donors (Lipinski definition) is 3. The summed E-state index contributed by atoms with van der Waals surface area (Å²) in [7, 11) is -3.00. The van der Waals surface area contributed by atoms with Crippen molar-refractivity contribution in [2.75, 3.05) is 25.5 Å². The molecule has 13 nitrogen and oxygen atoms in total. The number of hydrogen-bond acceptors (Lipinski definition) is 10. The third-order valence-electron chi connectivity index (χ3n) is 10.8. The number of amides is 1. The van der Waals surface area contributed by atoms with E-state index in [1.807, 2.05) is 35.2 Å². The highest BCUT2D eigenvalue weighted by molar-refractivity contribution is 7.89. The van der Waals surface area contributed by atoms with E-state index in [4.69, 9.17) is 14.5 Å². The van der Waals surface area contributed by atoms with E-state index >= 15 is 0 Å². The quantitative estimate of drug-likeness (QED) is 0.0683. The average molecular weight is 888 g/mol. The largest absolute Gasteiger partial charge is 0.497 e. The molecule has 6 rings (SSSR count). The van der Waals surface area contributed by atoms with Crippen LogP contribution in [0.3, 0.4) is 0 Å². The van der Waals surface area contributed by atoms with E-state index in [-0.39, 0.29) is 29.0 Å². The van der Waals surface area contributed by atoms with Gasteiger partial charge in [-0.2, -0.15) is 17.9 Å². The molecule has 3 unspecified atom stereocenters. The highest BCUT2D eigenvalue weighted by Crippen LogP contribution is 2.40. The number of alkyl halides is 3. The van der Waals surface area contributed by atoms with Crippen LogP contribution in [0.1, 0.15) is 71.6 Å². The number of anilines is 1. The topological polar surface area (TPSA) is 178 Å². The Morgan fingerprint density at radius 3 is 2.08 bits per heavy atom. The molecule has 1 aliphatic heterocycles. The summed E-state index contributed by atoms with van der Waals surface area (Å²) in [5, 5.41) is 12.0. The Morgan fingerprint density at radius 2 is 1.46 bits per heavy atom. The zero-order chi connectivity index (χ0) is 45.4. The van der Waals surface area contributed by atoms with E-state index in [0.29, 0.717) is 36.4 Å². The van der Waals surface area contributed by atoms with Gasteiger partial charge in [-0.3, -0.25) is 14.5 Å². The van der Waals surface area contributed by atoms with Crippen molar-refractivity contribution >= 4 is 39.5 Å². The molecule has 63 heavy (non-hydrogen) atoms. The summed E-state index contributed by atoms with van der Waals surface area (Å²) in [5.41, 5.74) is -1.04. The summed E-state index contributed by atoms with van der Waals surface area (Å²) < 4.78 is 76.2. The molecule has 17 heteroatoms. The Bertz CT molecular complexity index is 2530. The van der Waals surface area contributed by atoms with Gasteiger partial charge in [0.2, 0.25) is 10.0 Å². The van der Waals surface area contributed by atoms with Gasteiger partial charge in [0.25, 0.3) is 5.91 Å². The van der Waals surface area contributed by atoms with Crippen LogP contribution in [0.4, 0.5) is 18.9 Å². The number of rotatable bonds is 15. The van der Waals surface area contributed by atoms with E-state index in [1.165, 1.54) is 43.5 Å². The molecule has 0 bridgehead atoms. The summed E-state index contributed by atoms with van der Waals surface area (Å²) in [6.45, 7) is 1.16. The van der Waals surface area contributed by atoms with Crippen molar-refractivity contribution in [3.05, 3.63) is 150 Å². The molecule has 330 valence electrons. The van der Waals surface area contributed by atoms with Gasteiger partial charge < -0.3 is 15.2 Å². The summed E-state index contributed by atoms with van der Waals surface area (Å²) >= 11 is 0. The Hall–Kier alpha value is -6.56. The fourth-order valence-corrected chi connectivity index (χ4v) is 8.87. The van der Waals surface area contributed by atoms with Crippen molar-refractivity contribution in [3.63, 3.8) is 0 Å². The molecule has 5 aromatic rings. The first-order valence-electron chi connectivity index (χ1n) is 19.7. The Morgan fingerprint density at radius 1 is 0.810 bits per heavy atom. The van der Waals surface area contributed by atoms with Gasteiger partial charge in [-0.25, -0.2) is 27.8 Å². The minimum atomic E-state index is -4.78.